The van der Waals surface area contributed by atoms with Crippen LogP contribution in [0.1, 0.15) is 139 Å². The third kappa shape index (κ3) is 20.8. The second-order valence-electron chi connectivity index (χ2n) is 21.8. The number of hydrogen-bond donors (Lipinski definition) is 1. The summed E-state index contributed by atoms with van der Waals surface area (Å²) in [6.45, 7) is 27.7. The lowest BCUT2D eigenvalue weighted by Crippen LogP contribution is -2.36. The number of nitrogens with zero attached hydrogens (tertiary/aromatic N) is 6. The molecule has 21 heteroatoms. The van der Waals surface area contributed by atoms with Crippen molar-refractivity contribution in [2.75, 3.05) is 32.9 Å². The highest BCUT2D eigenvalue weighted by Crippen LogP contribution is 2.52. The highest BCUT2D eigenvalue weighted by molar-refractivity contribution is 7.48. The number of hydrogen-bond acceptors (Lipinski definition) is 17. The number of ether oxygens (including phenoxy) is 3. The maximum Gasteiger partial charge on any atom is 0.475 e. The Bertz CT molecular complexity index is 2480. The molecule has 1 aromatic heterocycles. The van der Waals surface area contributed by atoms with Gasteiger partial charge in [0, 0.05) is 44.2 Å². The summed E-state index contributed by atoms with van der Waals surface area (Å²) >= 11 is 0. The SMILES string of the molecule is CC(C)CN(/C=N/c1nc(=O)n(C2CC(OP(OCCC#N)N(C(C)C)C(C)C)C(CO)O2)cc1C#CCCOP(=O)(OCc1ccc(OC(=O)C(C)(C)C)cc1)OCc1ccc(OC(=O)C(C)(C)C)cc1)CC(C)C. The molecule has 1 aliphatic heterocycles. The van der Waals surface area contributed by atoms with Gasteiger partial charge in [0.2, 0.25) is 0 Å². The molecular weight excluding hydrogens is 1010 g/mol. The van der Waals surface area contributed by atoms with Gasteiger partial charge in [-0.15, -0.1) is 0 Å². The first-order valence-corrected chi connectivity index (χ1v) is 28.4. The molecule has 76 heavy (non-hydrogen) atoms. The molecule has 1 N–H and O–H groups in total. The average molecular weight is 1100 g/mol. The van der Waals surface area contributed by atoms with Gasteiger partial charge in [-0.2, -0.15) is 10.2 Å². The molecule has 4 rings (SSSR count). The number of rotatable bonds is 27. The van der Waals surface area contributed by atoms with Gasteiger partial charge in [0.05, 0.1) is 74.4 Å². The summed E-state index contributed by atoms with van der Waals surface area (Å²) in [5, 5.41) is 19.7. The van der Waals surface area contributed by atoms with Crippen molar-refractivity contribution in [3.63, 3.8) is 0 Å². The fourth-order valence-corrected chi connectivity index (χ4v) is 10.2. The molecule has 0 radical (unpaired) electrons. The second kappa shape index (κ2) is 29.7. The molecular formula is C55H80N6O13P2. The predicted molar refractivity (Wildman–Crippen MR) is 291 cm³/mol. The van der Waals surface area contributed by atoms with E-state index in [0.29, 0.717) is 47.6 Å². The molecule has 0 saturated carbocycles. The monoisotopic (exact) mass is 1090 g/mol. The van der Waals surface area contributed by atoms with Crippen LogP contribution in [-0.4, -0.2) is 99.7 Å². The van der Waals surface area contributed by atoms with Crippen molar-refractivity contribution in [2.24, 2.45) is 27.7 Å². The number of esters is 2. The van der Waals surface area contributed by atoms with E-state index in [1.807, 2.05) is 27.7 Å². The molecule has 1 saturated heterocycles. The van der Waals surface area contributed by atoms with Crippen molar-refractivity contribution in [1.29, 1.82) is 5.26 Å². The van der Waals surface area contributed by atoms with Crippen LogP contribution in [-0.2, 0) is 54.7 Å². The minimum absolute atomic E-state index is 0.0213. The number of phosphoric ester groups is 1. The lowest BCUT2D eigenvalue weighted by Gasteiger charge is -2.37. The summed E-state index contributed by atoms with van der Waals surface area (Å²) in [7, 11) is -6.00. The van der Waals surface area contributed by atoms with Crippen LogP contribution in [0.15, 0.2) is 64.5 Å². The molecule has 1 fully saturated rings. The van der Waals surface area contributed by atoms with Crippen LogP contribution in [0.3, 0.4) is 0 Å². The minimum Gasteiger partial charge on any atom is -0.426 e. The first-order valence-electron chi connectivity index (χ1n) is 25.8. The minimum atomic E-state index is -4.31. The summed E-state index contributed by atoms with van der Waals surface area (Å²) in [4.78, 5) is 50.0. The number of carbonyl (C=O) groups excluding carboxylic acids is 2. The highest BCUT2D eigenvalue weighted by atomic mass is 31.2. The smallest absolute Gasteiger partial charge is 0.426 e. The van der Waals surface area contributed by atoms with Crippen LogP contribution >= 0.6 is 16.3 Å². The van der Waals surface area contributed by atoms with Crippen molar-refractivity contribution >= 4 is 40.4 Å². The Labute approximate surface area is 451 Å². The molecule has 3 aromatic rings. The van der Waals surface area contributed by atoms with Gasteiger partial charge in [0.1, 0.15) is 23.8 Å². The van der Waals surface area contributed by atoms with Crippen molar-refractivity contribution in [1.82, 2.24) is 19.1 Å². The van der Waals surface area contributed by atoms with Gasteiger partial charge in [0.25, 0.3) is 8.53 Å². The van der Waals surface area contributed by atoms with Gasteiger partial charge in [-0.3, -0.25) is 27.7 Å². The molecule has 0 spiro atoms. The van der Waals surface area contributed by atoms with E-state index in [-0.39, 0.29) is 69.2 Å². The molecule has 0 bridgehead atoms. The maximum absolute atomic E-state index is 14.3. The third-order valence-corrected chi connectivity index (χ3v) is 14.5. The van der Waals surface area contributed by atoms with Crippen molar-refractivity contribution in [3.8, 4) is 29.4 Å². The van der Waals surface area contributed by atoms with Gasteiger partial charge < -0.3 is 33.3 Å². The van der Waals surface area contributed by atoms with E-state index in [2.05, 4.69) is 65.2 Å². The molecule has 2 heterocycles. The Hall–Kier alpha value is -4.88. The van der Waals surface area contributed by atoms with Gasteiger partial charge >= 0.3 is 25.5 Å². The zero-order chi connectivity index (χ0) is 56.4. The summed E-state index contributed by atoms with van der Waals surface area (Å²) < 4.78 is 65.3. The maximum atomic E-state index is 14.3. The number of carbonyl (C=O) groups is 2. The zero-order valence-corrected chi connectivity index (χ0v) is 48.6. The van der Waals surface area contributed by atoms with Crippen LogP contribution in [0.25, 0.3) is 0 Å². The highest BCUT2D eigenvalue weighted by Gasteiger charge is 2.41. The van der Waals surface area contributed by atoms with Gasteiger partial charge in [0.15, 0.2) is 5.82 Å². The molecule has 4 atom stereocenters. The average Bonchev–Trinajstić information content (AvgIpc) is 3.74. The standard InChI is InChI=1S/C55H80N6O13P2/c1-38(2)31-59(32-39(3)4)37-57-50-44(33-60(53(65)58-50)49-30-47(48(34-62)73-49)74-75(67-28-17-27-56)61(40(5)6)41(7)8)18-15-16-29-68-76(66,69-35-42-19-23-45(24-20-42)71-51(63)54(9,10)11)70-36-43-21-25-46(26-22-43)72-52(64)55(12,13)14/h19-26,33,37-41,47-49,62H,16-17,28-32,34-36H2,1-14H3/b57-37+. The largest absolute Gasteiger partial charge is 0.475 e. The van der Waals surface area contributed by atoms with E-state index in [1.165, 1.54) is 10.8 Å². The van der Waals surface area contributed by atoms with Crippen molar-refractivity contribution < 1.29 is 56.1 Å². The number of aliphatic imine (C=N–C) groups is 1. The summed E-state index contributed by atoms with van der Waals surface area (Å²) in [6, 6.07) is 15.3. The first kappa shape index (κ1) is 63.7. The molecule has 1 aliphatic rings. The number of nitriles is 1. The van der Waals surface area contributed by atoms with Gasteiger partial charge in [-0.25, -0.2) is 19.0 Å². The molecule has 0 amide bonds. The first-order chi connectivity index (χ1) is 35.7. The number of aliphatic hydroxyl groups is 1. The van der Waals surface area contributed by atoms with Crippen LogP contribution in [0.4, 0.5) is 5.82 Å². The van der Waals surface area contributed by atoms with Gasteiger partial charge in [-0.1, -0.05) is 63.8 Å². The lowest BCUT2D eigenvalue weighted by molar-refractivity contribution is -0.143. The third-order valence-electron chi connectivity index (χ3n) is 11.0. The molecule has 418 valence electrons. The quantitative estimate of drug-likeness (QED) is 0.0143. The van der Waals surface area contributed by atoms with E-state index >= 15 is 0 Å². The number of aliphatic hydroxyl groups excluding tert-OH is 1. The normalized spacial score (nSPS) is 16.6. The molecule has 0 aliphatic carbocycles. The van der Waals surface area contributed by atoms with E-state index in [9.17, 15) is 29.3 Å². The van der Waals surface area contributed by atoms with Crippen LogP contribution in [0, 0.1) is 45.8 Å². The van der Waals surface area contributed by atoms with Crippen LogP contribution in [0.2, 0.25) is 0 Å². The Morgan fingerprint density at radius 3 is 1.84 bits per heavy atom. The van der Waals surface area contributed by atoms with Crippen molar-refractivity contribution in [3.05, 3.63) is 81.9 Å². The zero-order valence-electron chi connectivity index (χ0n) is 46.8. The summed E-state index contributed by atoms with van der Waals surface area (Å²) in [5.74, 6) is 6.74. The van der Waals surface area contributed by atoms with Crippen LogP contribution in [0.5, 0.6) is 11.5 Å². The fourth-order valence-electron chi connectivity index (χ4n) is 7.27. The van der Waals surface area contributed by atoms with E-state index in [4.69, 9.17) is 36.8 Å². The van der Waals surface area contributed by atoms with E-state index in [0.717, 1.165) is 0 Å². The molecule has 4 unspecified atom stereocenters. The summed E-state index contributed by atoms with van der Waals surface area (Å²) in [6.07, 6.45) is 1.14. The summed E-state index contributed by atoms with van der Waals surface area (Å²) in [5.41, 5.74) is -0.589. The Morgan fingerprint density at radius 2 is 1.38 bits per heavy atom. The van der Waals surface area contributed by atoms with E-state index < -0.39 is 69.8 Å². The van der Waals surface area contributed by atoms with Crippen LogP contribution < -0.4 is 15.2 Å². The molecule has 2 aromatic carbocycles. The van der Waals surface area contributed by atoms with E-state index in [1.54, 1.807) is 96.4 Å². The number of phosphoric acid groups is 1. The Morgan fingerprint density at radius 1 is 0.855 bits per heavy atom. The van der Waals surface area contributed by atoms with Gasteiger partial charge in [-0.05, 0) is 116 Å². The fraction of sp³-hybridized carbons (Fsp3) is 0.600. The number of benzene rings is 2. The number of aromatic nitrogens is 2. The Balaban J connectivity index is 1.63. The predicted octanol–water partition coefficient (Wildman–Crippen LogP) is 10.7. The topological polar surface area (TPSA) is 223 Å². The van der Waals surface area contributed by atoms with Crippen molar-refractivity contribution in [2.45, 2.75) is 160 Å². The second-order valence-corrected chi connectivity index (χ2v) is 24.9. The molecule has 19 nitrogen and oxygen atoms in total. The lowest BCUT2D eigenvalue weighted by atomic mass is 9.97. The Kier molecular flexibility index (Phi) is 24.9.